The molecule has 0 spiro atoms. The Morgan fingerprint density at radius 2 is 2.00 bits per heavy atom. The third-order valence-electron chi connectivity index (χ3n) is 3.15. The first-order valence-corrected chi connectivity index (χ1v) is 7.17. The van der Waals surface area contributed by atoms with Crippen LogP contribution in [0.5, 0.6) is 0 Å². The van der Waals surface area contributed by atoms with Crippen LogP contribution in [0.3, 0.4) is 0 Å². The SMILES string of the molecule is Cc1cc(N)c2cc(N3C(N)=NC(S)=NC3S)ccc2n1. The Morgan fingerprint density at radius 1 is 1.24 bits per heavy atom. The average molecular weight is 318 g/mol. The Balaban J connectivity index is 2.12. The minimum atomic E-state index is -0.480. The van der Waals surface area contributed by atoms with Gasteiger partial charge in [-0.05, 0) is 31.2 Å². The van der Waals surface area contributed by atoms with Gasteiger partial charge < -0.3 is 11.5 Å². The molecule has 4 N–H and O–H groups in total. The first-order valence-electron chi connectivity index (χ1n) is 6.21. The maximum absolute atomic E-state index is 6.07. The second-order valence-corrected chi connectivity index (χ2v) is 5.53. The number of nitrogens with two attached hydrogens (primary N) is 2. The Morgan fingerprint density at radius 3 is 2.71 bits per heavy atom. The monoisotopic (exact) mass is 318 g/mol. The standard InChI is InChI=1S/C13H14N6S2/c1-6-4-9(14)8-5-7(2-3-10(8)16-6)19-11(15)17-12(20)18-13(19)21/h2-5,13,21H,1H3,(H2,14,16)(H3,15,17,18,20). The highest BCUT2D eigenvalue weighted by Crippen LogP contribution is 2.29. The van der Waals surface area contributed by atoms with Crippen molar-refractivity contribution in [3.63, 3.8) is 0 Å². The molecule has 0 aliphatic carbocycles. The second kappa shape index (κ2) is 5.12. The Kier molecular flexibility index (Phi) is 3.42. The molecule has 1 aliphatic rings. The van der Waals surface area contributed by atoms with Crippen LogP contribution in [-0.4, -0.2) is 21.6 Å². The quantitative estimate of drug-likeness (QED) is 0.603. The summed E-state index contributed by atoms with van der Waals surface area (Å²) >= 11 is 8.50. The number of benzene rings is 1. The minimum Gasteiger partial charge on any atom is -0.398 e. The van der Waals surface area contributed by atoms with E-state index in [1.807, 2.05) is 31.2 Å². The summed E-state index contributed by atoms with van der Waals surface area (Å²) in [7, 11) is 0. The molecule has 2 aromatic rings. The Hall–Kier alpha value is -1.93. The lowest BCUT2D eigenvalue weighted by Gasteiger charge is -2.29. The van der Waals surface area contributed by atoms with Crippen molar-refractivity contribution in [1.29, 1.82) is 0 Å². The molecule has 8 heteroatoms. The lowest BCUT2D eigenvalue weighted by molar-refractivity contribution is 0.927. The number of fused-ring (bicyclic) bond motifs is 1. The van der Waals surface area contributed by atoms with E-state index in [0.29, 0.717) is 10.9 Å². The van der Waals surface area contributed by atoms with Crippen LogP contribution < -0.4 is 16.4 Å². The van der Waals surface area contributed by atoms with Gasteiger partial charge in [0.1, 0.15) is 0 Å². The molecule has 1 aliphatic heterocycles. The molecular weight excluding hydrogens is 304 g/mol. The Bertz CT molecular complexity index is 786. The molecule has 1 atom stereocenters. The zero-order chi connectivity index (χ0) is 15.1. The number of nitrogen functional groups attached to an aromatic ring is 1. The third kappa shape index (κ3) is 2.52. The van der Waals surface area contributed by atoms with Crippen molar-refractivity contribution in [1.82, 2.24) is 4.98 Å². The number of aromatic nitrogens is 1. The molecule has 0 radical (unpaired) electrons. The molecule has 0 amide bonds. The highest BCUT2D eigenvalue weighted by Gasteiger charge is 2.23. The predicted octanol–water partition coefficient (Wildman–Crippen LogP) is 1.76. The maximum atomic E-state index is 6.07. The van der Waals surface area contributed by atoms with Gasteiger partial charge in [-0.15, -0.1) is 25.3 Å². The van der Waals surface area contributed by atoms with E-state index in [2.05, 4.69) is 40.2 Å². The summed E-state index contributed by atoms with van der Waals surface area (Å²) in [6.07, 6.45) is 0. The summed E-state index contributed by atoms with van der Waals surface area (Å²) in [5.74, 6) is 0.285. The third-order valence-corrected chi connectivity index (χ3v) is 3.72. The summed E-state index contributed by atoms with van der Waals surface area (Å²) in [6.45, 7) is 1.91. The van der Waals surface area contributed by atoms with Crippen molar-refractivity contribution in [2.24, 2.45) is 15.7 Å². The van der Waals surface area contributed by atoms with E-state index >= 15 is 0 Å². The molecule has 0 saturated heterocycles. The fourth-order valence-corrected chi connectivity index (χ4v) is 2.92. The van der Waals surface area contributed by atoms with Crippen LogP contribution in [-0.2, 0) is 0 Å². The van der Waals surface area contributed by atoms with E-state index in [-0.39, 0.29) is 5.96 Å². The summed E-state index contributed by atoms with van der Waals surface area (Å²) < 4.78 is 0. The van der Waals surface area contributed by atoms with E-state index in [1.165, 1.54) is 0 Å². The number of nitrogens with zero attached hydrogens (tertiary/aromatic N) is 4. The topological polar surface area (TPSA) is 92.9 Å². The van der Waals surface area contributed by atoms with Crippen molar-refractivity contribution in [2.75, 3.05) is 10.6 Å². The van der Waals surface area contributed by atoms with Crippen LogP contribution in [0.25, 0.3) is 10.9 Å². The van der Waals surface area contributed by atoms with Crippen LogP contribution in [0.2, 0.25) is 0 Å². The van der Waals surface area contributed by atoms with Crippen molar-refractivity contribution in [2.45, 2.75) is 12.4 Å². The van der Waals surface area contributed by atoms with Crippen LogP contribution >= 0.6 is 25.3 Å². The molecule has 21 heavy (non-hydrogen) atoms. The van der Waals surface area contributed by atoms with Crippen LogP contribution in [0.4, 0.5) is 11.4 Å². The van der Waals surface area contributed by atoms with Gasteiger partial charge in [-0.3, -0.25) is 9.88 Å². The number of amidine groups is 1. The molecule has 0 bridgehead atoms. The first-order chi connectivity index (χ1) is 9.95. The molecule has 1 aromatic heterocycles. The van der Waals surface area contributed by atoms with Crippen molar-refractivity contribution in [3.05, 3.63) is 30.0 Å². The summed E-state index contributed by atoms with van der Waals surface area (Å²) in [5.41, 5.74) is 14.7. The number of thiol groups is 2. The molecule has 0 saturated carbocycles. The molecule has 1 unspecified atom stereocenters. The molecular formula is C13H14N6S2. The van der Waals surface area contributed by atoms with Gasteiger partial charge in [0.05, 0.1) is 5.52 Å². The molecule has 2 heterocycles. The number of hydrogen-bond acceptors (Lipinski definition) is 7. The zero-order valence-electron chi connectivity index (χ0n) is 11.2. The second-order valence-electron chi connectivity index (χ2n) is 4.67. The summed E-state index contributed by atoms with van der Waals surface area (Å²) in [4.78, 5) is 14.4. The van der Waals surface area contributed by atoms with E-state index in [1.54, 1.807) is 4.90 Å². The predicted molar refractivity (Wildman–Crippen MR) is 94.2 cm³/mol. The first kappa shape index (κ1) is 14.0. The van der Waals surface area contributed by atoms with Gasteiger partial charge in [0.15, 0.2) is 10.7 Å². The van der Waals surface area contributed by atoms with Gasteiger partial charge in [0.25, 0.3) is 0 Å². The number of hydrogen-bond donors (Lipinski definition) is 4. The summed E-state index contributed by atoms with van der Waals surface area (Å²) in [5, 5.41) is 1.16. The number of pyridine rings is 1. The Labute approximate surface area is 132 Å². The molecule has 108 valence electrons. The average Bonchev–Trinajstić information content (AvgIpc) is 2.38. The van der Waals surface area contributed by atoms with Crippen LogP contribution in [0, 0.1) is 6.92 Å². The zero-order valence-corrected chi connectivity index (χ0v) is 13.0. The van der Waals surface area contributed by atoms with E-state index in [4.69, 9.17) is 11.5 Å². The number of rotatable bonds is 1. The minimum absolute atomic E-state index is 0.285. The number of anilines is 2. The van der Waals surface area contributed by atoms with Crippen LogP contribution in [0.1, 0.15) is 5.69 Å². The molecule has 0 fully saturated rings. The van der Waals surface area contributed by atoms with E-state index < -0.39 is 5.50 Å². The highest BCUT2D eigenvalue weighted by atomic mass is 32.1. The number of aryl methyl sites for hydroxylation is 1. The largest absolute Gasteiger partial charge is 0.398 e. The van der Waals surface area contributed by atoms with Crippen LogP contribution in [0.15, 0.2) is 34.3 Å². The molecule has 6 nitrogen and oxygen atoms in total. The van der Waals surface area contributed by atoms with Gasteiger partial charge >= 0.3 is 0 Å². The van der Waals surface area contributed by atoms with Gasteiger partial charge in [-0.25, -0.2) is 4.99 Å². The highest BCUT2D eigenvalue weighted by molar-refractivity contribution is 7.97. The van der Waals surface area contributed by atoms with E-state index in [0.717, 1.165) is 22.3 Å². The fraction of sp³-hybridized carbons (Fsp3) is 0.154. The number of aliphatic imine (C=N–C) groups is 2. The van der Waals surface area contributed by atoms with Crippen molar-refractivity contribution >= 4 is 58.7 Å². The number of guanidine groups is 1. The van der Waals surface area contributed by atoms with Gasteiger partial charge in [-0.2, -0.15) is 4.99 Å². The molecule has 3 rings (SSSR count). The van der Waals surface area contributed by atoms with Crippen molar-refractivity contribution < 1.29 is 0 Å². The summed E-state index contributed by atoms with van der Waals surface area (Å²) in [6, 6.07) is 7.52. The maximum Gasteiger partial charge on any atom is 0.205 e. The fourth-order valence-electron chi connectivity index (χ4n) is 2.26. The lowest BCUT2D eigenvalue weighted by atomic mass is 10.1. The lowest BCUT2D eigenvalue weighted by Crippen LogP contribution is -2.44. The van der Waals surface area contributed by atoms with E-state index in [9.17, 15) is 0 Å². The van der Waals surface area contributed by atoms with Gasteiger partial charge in [-0.1, -0.05) is 0 Å². The van der Waals surface area contributed by atoms with Gasteiger partial charge in [0.2, 0.25) is 5.96 Å². The molecule has 1 aromatic carbocycles. The van der Waals surface area contributed by atoms with Crippen molar-refractivity contribution in [3.8, 4) is 0 Å². The van der Waals surface area contributed by atoms with Gasteiger partial charge in [0, 0.05) is 22.5 Å². The normalized spacial score (nSPS) is 18.6. The smallest absolute Gasteiger partial charge is 0.205 e.